The molecule has 11 nitrogen and oxygen atoms in total. The number of allylic oxidation sites excluding steroid dienone is 2. The Morgan fingerprint density at radius 2 is 1.93 bits per heavy atom. The normalized spacial score (nSPS) is 29.3. The first-order valence-electron chi connectivity index (χ1n) is 13.8. The Bertz CT molecular complexity index is 1210. The number of phenolic OH excluding ortho intramolecular Hbond substituents is 2. The van der Waals surface area contributed by atoms with Crippen LogP contribution in [-0.4, -0.2) is 72.5 Å². The molecule has 2 rings (SSSR count). The van der Waals surface area contributed by atoms with Crippen molar-refractivity contribution in [1.82, 2.24) is 0 Å². The van der Waals surface area contributed by atoms with Crippen LogP contribution < -0.4 is 16.4 Å². The van der Waals surface area contributed by atoms with E-state index in [-0.39, 0.29) is 23.1 Å². The van der Waals surface area contributed by atoms with Crippen molar-refractivity contribution in [2.45, 2.75) is 65.0 Å². The number of nitrogens with one attached hydrogen (secondary N) is 2. The third kappa shape index (κ3) is 9.10. The molecule has 11 heteroatoms. The monoisotopic (exact) mass is 587 g/mol. The third-order valence-corrected chi connectivity index (χ3v) is 7.25. The maximum Gasteiger partial charge on any atom is 0.405 e. The Kier molecular flexibility index (Phi) is 13.1. The number of aliphatic hydroxyl groups excluding tert-OH is 1. The summed E-state index contributed by atoms with van der Waals surface area (Å²) in [5.74, 6) is -1.41. The molecule has 1 aromatic carbocycles. The highest BCUT2D eigenvalue weighted by molar-refractivity contribution is 6.04. The molecule has 0 unspecified atom stereocenters. The number of carbonyl (C=O) groups excluding carboxylic acids is 2. The fraction of sp³-hybridized carbons (Fsp3) is 0.484. The minimum Gasteiger partial charge on any atom is -0.506 e. The maximum atomic E-state index is 13.0. The smallest absolute Gasteiger partial charge is 0.405 e. The Balaban J connectivity index is 2.67. The standard InChI is InChI=1S/C31H45N3O8/c1-8-12-33-26-21-13-17(2)14-25(41-7)27(36)19(4)15-20(5)29(42-31(32)39)24(40-6)11-9-10-18(3)30(38)34-22(28(21)37)16-23(26)35/h8-11,15-17,19,24-25,27,29,33,35-37H,1,12-14H2,2-7H3,(H2,32,39)(H,34,38)/b11-9-,18-10+,20-15+/t17-,19+,24+,25+,27-,29-/m1/s1. The number of phenols is 2. The molecule has 1 aliphatic rings. The minimum atomic E-state index is -0.990. The summed E-state index contributed by atoms with van der Waals surface area (Å²) in [6.07, 6.45) is 4.64. The predicted octanol–water partition coefficient (Wildman–Crippen LogP) is 4.16. The second kappa shape index (κ2) is 16.0. The number of primary amides is 1. The molecule has 232 valence electrons. The van der Waals surface area contributed by atoms with E-state index in [1.165, 1.54) is 26.4 Å². The largest absolute Gasteiger partial charge is 0.506 e. The quantitative estimate of drug-likeness (QED) is 0.162. The number of anilines is 2. The number of nitrogens with two attached hydrogens (primary N) is 1. The molecule has 7 N–H and O–H groups in total. The zero-order chi connectivity index (χ0) is 31.6. The minimum absolute atomic E-state index is 0.0416. The van der Waals surface area contributed by atoms with Crippen LogP contribution in [0.25, 0.3) is 0 Å². The number of hydrogen-bond donors (Lipinski definition) is 6. The number of methoxy groups -OCH3 is 2. The van der Waals surface area contributed by atoms with E-state index in [0.29, 0.717) is 41.8 Å². The molecule has 0 aliphatic carbocycles. The van der Waals surface area contributed by atoms with Gasteiger partial charge in [0, 0.05) is 43.9 Å². The summed E-state index contributed by atoms with van der Waals surface area (Å²) in [6.45, 7) is 11.1. The van der Waals surface area contributed by atoms with Crippen molar-refractivity contribution < 1.29 is 39.1 Å². The summed E-state index contributed by atoms with van der Waals surface area (Å²) in [4.78, 5) is 24.7. The summed E-state index contributed by atoms with van der Waals surface area (Å²) in [5, 5.41) is 39.1. The third-order valence-electron chi connectivity index (χ3n) is 7.25. The van der Waals surface area contributed by atoms with Gasteiger partial charge < -0.3 is 45.9 Å². The average molecular weight is 588 g/mol. The first-order chi connectivity index (χ1) is 19.8. The van der Waals surface area contributed by atoms with Crippen LogP contribution in [0, 0.1) is 11.8 Å². The van der Waals surface area contributed by atoms with Crippen molar-refractivity contribution in [1.29, 1.82) is 0 Å². The Hall–Kier alpha value is -3.80. The van der Waals surface area contributed by atoms with Gasteiger partial charge in [-0.1, -0.05) is 44.2 Å². The number of rotatable bonds is 6. The summed E-state index contributed by atoms with van der Waals surface area (Å²) in [6, 6.07) is 1.28. The van der Waals surface area contributed by atoms with Gasteiger partial charge in [-0.25, -0.2) is 4.79 Å². The van der Waals surface area contributed by atoms with Gasteiger partial charge in [-0.3, -0.25) is 4.79 Å². The van der Waals surface area contributed by atoms with Gasteiger partial charge in [-0.15, -0.1) is 6.58 Å². The molecule has 0 saturated carbocycles. The number of ether oxygens (including phenoxy) is 3. The fourth-order valence-corrected chi connectivity index (χ4v) is 4.98. The zero-order valence-corrected chi connectivity index (χ0v) is 25.2. The Morgan fingerprint density at radius 3 is 2.52 bits per heavy atom. The molecule has 1 aliphatic heterocycles. The highest BCUT2D eigenvalue weighted by atomic mass is 16.6. The number of amides is 2. The van der Waals surface area contributed by atoms with Crippen LogP contribution in [0.1, 0.15) is 39.7 Å². The van der Waals surface area contributed by atoms with E-state index < -0.39 is 42.3 Å². The highest BCUT2D eigenvalue weighted by Crippen LogP contribution is 2.42. The second-order valence-electron chi connectivity index (χ2n) is 10.6. The van der Waals surface area contributed by atoms with E-state index in [1.54, 1.807) is 38.2 Å². The lowest BCUT2D eigenvalue weighted by Gasteiger charge is -2.29. The summed E-state index contributed by atoms with van der Waals surface area (Å²) >= 11 is 0. The van der Waals surface area contributed by atoms with E-state index >= 15 is 0 Å². The molecule has 6 atom stereocenters. The average Bonchev–Trinajstić information content (AvgIpc) is 2.94. The summed E-state index contributed by atoms with van der Waals surface area (Å²) in [5.41, 5.74) is 7.01. The van der Waals surface area contributed by atoms with Crippen LogP contribution in [-0.2, 0) is 25.4 Å². The molecular weight excluding hydrogens is 542 g/mol. The molecule has 0 fully saturated rings. The predicted molar refractivity (Wildman–Crippen MR) is 162 cm³/mol. The van der Waals surface area contributed by atoms with E-state index in [1.807, 2.05) is 13.8 Å². The highest BCUT2D eigenvalue weighted by Gasteiger charge is 2.30. The Morgan fingerprint density at radius 1 is 1.24 bits per heavy atom. The van der Waals surface area contributed by atoms with Crippen molar-refractivity contribution in [3.8, 4) is 11.5 Å². The number of carbonyl (C=O) groups is 2. The van der Waals surface area contributed by atoms with Gasteiger partial charge >= 0.3 is 6.09 Å². The van der Waals surface area contributed by atoms with Gasteiger partial charge in [0.05, 0.1) is 23.6 Å². The van der Waals surface area contributed by atoms with Gasteiger partial charge in [0.2, 0.25) is 0 Å². The van der Waals surface area contributed by atoms with Gasteiger partial charge in [-0.2, -0.15) is 0 Å². The molecule has 2 bridgehead atoms. The van der Waals surface area contributed by atoms with Crippen LogP contribution in [0.15, 0.2) is 54.2 Å². The molecule has 0 aromatic heterocycles. The molecule has 0 radical (unpaired) electrons. The van der Waals surface area contributed by atoms with Crippen molar-refractivity contribution in [2.75, 3.05) is 31.4 Å². The van der Waals surface area contributed by atoms with E-state index in [4.69, 9.17) is 19.9 Å². The number of aliphatic hydroxyl groups is 1. The number of aromatic hydroxyl groups is 2. The molecule has 2 amide bonds. The van der Waals surface area contributed by atoms with Crippen LogP contribution in [0.4, 0.5) is 16.2 Å². The van der Waals surface area contributed by atoms with Gasteiger partial charge in [0.1, 0.15) is 17.6 Å². The van der Waals surface area contributed by atoms with Crippen LogP contribution >= 0.6 is 0 Å². The number of benzene rings is 1. The van der Waals surface area contributed by atoms with Crippen LogP contribution in [0.5, 0.6) is 11.5 Å². The lowest BCUT2D eigenvalue weighted by Crippen LogP contribution is -2.37. The molecule has 0 spiro atoms. The first kappa shape index (κ1) is 34.4. The van der Waals surface area contributed by atoms with Crippen molar-refractivity contribution in [3.63, 3.8) is 0 Å². The van der Waals surface area contributed by atoms with E-state index in [0.717, 1.165) is 0 Å². The van der Waals surface area contributed by atoms with Gasteiger partial charge in [-0.05, 0) is 38.2 Å². The SMILES string of the molecule is C=CCNc1c(O)cc2c(O)c1C[C@@H](C)C[C@H](OC)[C@H](O)[C@@H](C)/C=C(\C)[C@@H](OC(N)=O)[C@@H](OC)/C=C\C=C(/C)C(=O)N2. The number of hydrogen-bond acceptors (Lipinski definition) is 9. The maximum absolute atomic E-state index is 13.0. The molecule has 1 heterocycles. The molecule has 1 aromatic rings. The van der Waals surface area contributed by atoms with Crippen molar-refractivity contribution >= 4 is 23.4 Å². The van der Waals surface area contributed by atoms with Crippen LogP contribution in [0.2, 0.25) is 0 Å². The summed E-state index contributed by atoms with van der Waals surface area (Å²) in [7, 11) is 2.95. The van der Waals surface area contributed by atoms with Gasteiger partial charge in [0.25, 0.3) is 5.91 Å². The lowest BCUT2D eigenvalue weighted by molar-refractivity contribution is -0.112. The van der Waals surface area contributed by atoms with E-state index in [9.17, 15) is 24.9 Å². The van der Waals surface area contributed by atoms with Crippen molar-refractivity contribution in [2.24, 2.45) is 17.6 Å². The van der Waals surface area contributed by atoms with Crippen LogP contribution in [0.3, 0.4) is 0 Å². The fourth-order valence-electron chi connectivity index (χ4n) is 4.98. The topological polar surface area (TPSA) is 173 Å². The lowest BCUT2D eigenvalue weighted by atomic mass is 9.87. The molecular formula is C31H45N3O8. The molecule has 0 saturated heterocycles. The first-order valence-corrected chi connectivity index (χ1v) is 13.8. The second-order valence-corrected chi connectivity index (χ2v) is 10.6. The number of fused-ring (bicyclic) bond motifs is 2. The Labute approximate surface area is 247 Å². The zero-order valence-electron chi connectivity index (χ0n) is 25.2. The molecule has 42 heavy (non-hydrogen) atoms. The van der Waals surface area contributed by atoms with E-state index in [2.05, 4.69) is 17.2 Å². The van der Waals surface area contributed by atoms with Crippen molar-refractivity contribution in [3.05, 3.63) is 59.7 Å². The summed E-state index contributed by atoms with van der Waals surface area (Å²) < 4.78 is 16.6. The van der Waals surface area contributed by atoms with Gasteiger partial charge in [0.15, 0.2) is 6.10 Å².